The van der Waals surface area contributed by atoms with Gasteiger partial charge >= 0.3 is 0 Å². The molecule has 0 bridgehead atoms. The van der Waals surface area contributed by atoms with Crippen molar-refractivity contribution in [3.63, 3.8) is 0 Å². The van der Waals surface area contributed by atoms with Gasteiger partial charge in [0.15, 0.2) is 6.29 Å². The number of hydrogen-bond acceptors (Lipinski definition) is 5. The lowest BCUT2D eigenvalue weighted by Crippen LogP contribution is -2.26. The molecular formula is C12H17NO4. The van der Waals surface area contributed by atoms with Crippen LogP contribution in [0.5, 0.6) is 0 Å². The maximum atomic E-state index is 11.0. The Balaban J connectivity index is 2.91. The first kappa shape index (κ1) is 13.6. The van der Waals surface area contributed by atoms with E-state index in [9.17, 15) is 9.59 Å². The Hall–Kier alpha value is -1.46. The molecule has 1 aliphatic rings. The predicted octanol–water partition coefficient (Wildman–Crippen LogP) is 0.723. The molecule has 0 spiro atoms. The van der Waals surface area contributed by atoms with Gasteiger partial charge in [-0.25, -0.2) is 0 Å². The molecule has 0 aromatic carbocycles. The summed E-state index contributed by atoms with van der Waals surface area (Å²) < 4.78 is 10.2. The second kappa shape index (κ2) is 6.32. The summed E-state index contributed by atoms with van der Waals surface area (Å²) >= 11 is 0. The van der Waals surface area contributed by atoms with Gasteiger partial charge in [-0.05, 0) is 0 Å². The smallest absolute Gasteiger partial charge is 0.157 e. The van der Waals surface area contributed by atoms with Crippen molar-refractivity contribution < 1.29 is 19.1 Å². The molecule has 1 aliphatic heterocycles. The molecule has 5 heteroatoms. The van der Waals surface area contributed by atoms with Crippen molar-refractivity contribution in [3.05, 3.63) is 23.5 Å². The number of rotatable bonds is 6. The SMILES string of the molecule is COC(CC1C(C=O)=CN(C)C=C1C=O)OC. The molecule has 0 aliphatic carbocycles. The van der Waals surface area contributed by atoms with Crippen LogP contribution in [0.2, 0.25) is 0 Å². The van der Waals surface area contributed by atoms with Gasteiger partial charge in [0.25, 0.3) is 0 Å². The van der Waals surface area contributed by atoms with Crippen LogP contribution in [-0.2, 0) is 19.1 Å². The monoisotopic (exact) mass is 239 g/mol. The van der Waals surface area contributed by atoms with Crippen molar-refractivity contribution >= 4 is 12.6 Å². The highest BCUT2D eigenvalue weighted by Crippen LogP contribution is 2.28. The van der Waals surface area contributed by atoms with Gasteiger partial charge in [-0.2, -0.15) is 0 Å². The van der Waals surface area contributed by atoms with Gasteiger partial charge in [0.05, 0.1) is 0 Å². The number of carbonyl (C=O) groups excluding carboxylic acids is 2. The van der Waals surface area contributed by atoms with E-state index in [0.29, 0.717) is 17.6 Å². The van der Waals surface area contributed by atoms with E-state index in [0.717, 1.165) is 12.6 Å². The zero-order valence-electron chi connectivity index (χ0n) is 10.3. The fourth-order valence-electron chi connectivity index (χ4n) is 1.86. The topological polar surface area (TPSA) is 55.8 Å². The molecule has 0 N–H and O–H groups in total. The van der Waals surface area contributed by atoms with Gasteiger partial charge in [0, 0.05) is 57.2 Å². The van der Waals surface area contributed by atoms with Crippen LogP contribution >= 0.6 is 0 Å². The minimum absolute atomic E-state index is 0.272. The molecule has 17 heavy (non-hydrogen) atoms. The van der Waals surface area contributed by atoms with E-state index >= 15 is 0 Å². The van der Waals surface area contributed by atoms with Crippen LogP contribution in [0, 0.1) is 5.92 Å². The second-order valence-electron chi connectivity index (χ2n) is 3.85. The standard InChI is InChI=1S/C12H17NO4/c1-13-5-9(7-14)11(10(6-13)8-15)4-12(16-2)17-3/h5-8,11-12H,4H2,1-3H3. The van der Waals surface area contributed by atoms with Crippen LogP contribution in [0.1, 0.15) is 6.42 Å². The highest BCUT2D eigenvalue weighted by atomic mass is 16.7. The lowest BCUT2D eigenvalue weighted by atomic mass is 9.88. The van der Waals surface area contributed by atoms with Crippen molar-refractivity contribution in [1.82, 2.24) is 4.90 Å². The third kappa shape index (κ3) is 3.25. The molecule has 1 heterocycles. The normalized spacial score (nSPS) is 16.8. The molecule has 0 radical (unpaired) electrons. The van der Waals surface area contributed by atoms with Crippen LogP contribution in [0.3, 0.4) is 0 Å². The Kier molecular flexibility index (Phi) is 5.06. The first-order valence-electron chi connectivity index (χ1n) is 5.27. The zero-order valence-corrected chi connectivity index (χ0v) is 10.3. The van der Waals surface area contributed by atoms with Crippen molar-refractivity contribution in [2.24, 2.45) is 5.92 Å². The van der Waals surface area contributed by atoms with E-state index in [1.54, 1.807) is 24.3 Å². The fraction of sp³-hybridized carbons (Fsp3) is 0.500. The molecule has 0 atom stereocenters. The third-order valence-corrected chi connectivity index (χ3v) is 2.74. The Morgan fingerprint density at radius 2 is 1.71 bits per heavy atom. The lowest BCUT2D eigenvalue weighted by Gasteiger charge is -2.27. The summed E-state index contributed by atoms with van der Waals surface area (Å²) in [6, 6.07) is 0. The van der Waals surface area contributed by atoms with Crippen molar-refractivity contribution in [2.75, 3.05) is 21.3 Å². The Morgan fingerprint density at radius 1 is 1.24 bits per heavy atom. The summed E-state index contributed by atoms with van der Waals surface area (Å²) in [5, 5.41) is 0. The van der Waals surface area contributed by atoms with Crippen LogP contribution < -0.4 is 0 Å². The van der Waals surface area contributed by atoms with E-state index in [2.05, 4.69) is 0 Å². The number of methoxy groups -OCH3 is 2. The number of nitrogens with zero attached hydrogens (tertiary/aromatic N) is 1. The van der Waals surface area contributed by atoms with Crippen molar-refractivity contribution in [2.45, 2.75) is 12.7 Å². The van der Waals surface area contributed by atoms with E-state index in [-0.39, 0.29) is 5.92 Å². The molecular weight excluding hydrogens is 222 g/mol. The number of ether oxygens (including phenoxy) is 2. The summed E-state index contributed by atoms with van der Waals surface area (Å²) in [4.78, 5) is 23.7. The number of carbonyl (C=O) groups is 2. The molecule has 1 rings (SSSR count). The van der Waals surface area contributed by atoms with Crippen LogP contribution in [0.4, 0.5) is 0 Å². The predicted molar refractivity (Wildman–Crippen MR) is 62.0 cm³/mol. The molecule has 0 saturated carbocycles. The van der Waals surface area contributed by atoms with E-state index in [4.69, 9.17) is 9.47 Å². The van der Waals surface area contributed by atoms with Crippen molar-refractivity contribution in [3.8, 4) is 0 Å². The largest absolute Gasteiger partial charge is 0.356 e. The highest BCUT2D eigenvalue weighted by Gasteiger charge is 2.26. The molecule has 0 aromatic rings. The zero-order chi connectivity index (χ0) is 12.8. The highest BCUT2D eigenvalue weighted by molar-refractivity contribution is 5.83. The second-order valence-corrected chi connectivity index (χ2v) is 3.85. The molecule has 0 aromatic heterocycles. The summed E-state index contributed by atoms with van der Waals surface area (Å²) in [6.07, 6.45) is 4.94. The molecule has 0 unspecified atom stereocenters. The molecule has 5 nitrogen and oxygen atoms in total. The van der Waals surface area contributed by atoms with E-state index < -0.39 is 6.29 Å². The maximum Gasteiger partial charge on any atom is 0.157 e. The average Bonchev–Trinajstić information content (AvgIpc) is 2.36. The number of allylic oxidation sites excluding steroid dienone is 2. The summed E-state index contributed by atoms with van der Waals surface area (Å²) in [5.41, 5.74) is 1.10. The van der Waals surface area contributed by atoms with Gasteiger partial charge in [-0.15, -0.1) is 0 Å². The number of hydrogen-bond donors (Lipinski definition) is 0. The van der Waals surface area contributed by atoms with Gasteiger partial charge in [-0.3, -0.25) is 9.59 Å². The summed E-state index contributed by atoms with van der Waals surface area (Å²) in [6.45, 7) is 0. The summed E-state index contributed by atoms with van der Waals surface area (Å²) in [7, 11) is 4.82. The maximum absolute atomic E-state index is 11.0. The average molecular weight is 239 g/mol. The van der Waals surface area contributed by atoms with Gasteiger partial charge in [0.2, 0.25) is 0 Å². The fourth-order valence-corrected chi connectivity index (χ4v) is 1.86. The molecule has 94 valence electrons. The third-order valence-electron chi connectivity index (χ3n) is 2.74. The van der Waals surface area contributed by atoms with Gasteiger partial charge in [-0.1, -0.05) is 0 Å². The minimum Gasteiger partial charge on any atom is -0.356 e. The van der Waals surface area contributed by atoms with E-state index in [1.165, 1.54) is 14.2 Å². The Morgan fingerprint density at radius 3 is 2.06 bits per heavy atom. The molecule has 0 saturated heterocycles. The minimum atomic E-state index is -0.435. The van der Waals surface area contributed by atoms with E-state index in [1.807, 2.05) is 0 Å². The van der Waals surface area contributed by atoms with Crippen LogP contribution in [-0.4, -0.2) is 45.0 Å². The molecule has 0 amide bonds. The Bertz CT molecular complexity index is 318. The van der Waals surface area contributed by atoms with Crippen LogP contribution in [0.25, 0.3) is 0 Å². The summed E-state index contributed by atoms with van der Waals surface area (Å²) in [5.74, 6) is -0.272. The first-order chi connectivity index (χ1) is 8.15. The Labute approximate surface area is 101 Å². The molecule has 0 fully saturated rings. The lowest BCUT2D eigenvalue weighted by molar-refractivity contribution is -0.114. The first-order valence-corrected chi connectivity index (χ1v) is 5.27. The quantitative estimate of drug-likeness (QED) is 0.505. The van der Waals surface area contributed by atoms with Crippen molar-refractivity contribution in [1.29, 1.82) is 0 Å². The van der Waals surface area contributed by atoms with Gasteiger partial charge in [0.1, 0.15) is 12.6 Å². The number of aldehydes is 2. The van der Waals surface area contributed by atoms with Gasteiger partial charge < -0.3 is 14.4 Å². The van der Waals surface area contributed by atoms with Crippen LogP contribution in [0.15, 0.2) is 23.5 Å².